The summed E-state index contributed by atoms with van der Waals surface area (Å²) in [4.78, 5) is 29.7. The summed E-state index contributed by atoms with van der Waals surface area (Å²) in [5.41, 5.74) is 3.87. The van der Waals surface area contributed by atoms with Crippen LogP contribution in [0, 0.1) is 0 Å². The number of amides is 1. The second-order valence-corrected chi connectivity index (χ2v) is 8.19. The third-order valence-electron chi connectivity index (χ3n) is 5.33. The molecule has 4 aromatic rings. The summed E-state index contributed by atoms with van der Waals surface area (Å²) in [6.45, 7) is 7.80. The van der Waals surface area contributed by atoms with Crippen molar-refractivity contribution in [3.63, 3.8) is 0 Å². The number of rotatable bonds is 8. The van der Waals surface area contributed by atoms with E-state index in [2.05, 4.69) is 27.3 Å². The normalized spacial score (nSPS) is 11.1. The van der Waals surface area contributed by atoms with E-state index in [0.29, 0.717) is 35.1 Å². The average Bonchev–Trinajstić information content (AvgIpc) is 3.41. The quantitative estimate of drug-likeness (QED) is 0.390. The van der Waals surface area contributed by atoms with E-state index >= 15 is 0 Å². The van der Waals surface area contributed by atoms with E-state index in [9.17, 15) is 9.59 Å². The molecule has 3 aromatic heterocycles. The highest BCUT2D eigenvalue weighted by molar-refractivity contribution is 5.98. The van der Waals surface area contributed by atoms with Gasteiger partial charge in [-0.05, 0) is 29.7 Å². The maximum Gasteiger partial charge on any atom is 0.334 e. The maximum atomic E-state index is 13.5. The van der Waals surface area contributed by atoms with Crippen LogP contribution in [0.15, 0.2) is 60.3 Å². The number of ether oxygens (including phenoxy) is 1. The van der Waals surface area contributed by atoms with Gasteiger partial charge in [-0.3, -0.25) is 14.0 Å². The van der Waals surface area contributed by atoms with Crippen LogP contribution in [-0.2, 0) is 18.4 Å². The number of aromatic nitrogens is 5. The highest BCUT2D eigenvalue weighted by Gasteiger charge is 2.18. The number of aryl methyl sites for hydroxylation is 1. The molecule has 1 aromatic carbocycles. The van der Waals surface area contributed by atoms with E-state index in [4.69, 9.17) is 4.74 Å². The second-order valence-electron chi connectivity index (χ2n) is 8.19. The molecule has 4 rings (SSSR count). The SMILES string of the molecule is C=CC(=O)Nc1cccc(Cn2cc(Nc3cn(C)nc3OC)c3ncc(C(C)C)n3c2=O)c1. The van der Waals surface area contributed by atoms with Gasteiger partial charge < -0.3 is 15.4 Å². The van der Waals surface area contributed by atoms with Gasteiger partial charge in [0.2, 0.25) is 5.91 Å². The minimum atomic E-state index is -0.298. The van der Waals surface area contributed by atoms with E-state index in [0.717, 1.165) is 11.3 Å². The van der Waals surface area contributed by atoms with Gasteiger partial charge in [-0.15, -0.1) is 5.10 Å². The predicted octanol–water partition coefficient (Wildman–Crippen LogP) is 3.28. The van der Waals surface area contributed by atoms with E-state index in [1.165, 1.54) is 6.08 Å². The van der Waals surface area contributed by atoms with Crippen molar-refractivity contribution in [2.75, 3.05) is 17.7 Å². The van der Waals surface area contributed by atoms with E-state index in [1.54, 1.807) is 52.5 Å². The molecule has 2 N–H and O–H groups in total. The zero-order valence-corrected chi connectivity index (χ0v) is 19.6. The molecular formula is C24H27N7O3. The van der Waals surface area contributed by atoms with Crippen LogP contribution in [-0.4, -0.2) is 36.7 Å². The minimum Gasteiger partial charge on any atom is -0.478 e. The molecule has 0 aliphatic rings. The van der Waals surface area contributed by atoms with Gasteiger partial charge in [0, 0.05) is 25.1 Å². The van der Waals surface area contributed by atoms with Crippen LogP contribution < -0.4 is 21.1 Å². The van der Waals surface area contributed by atoms with Crippen molar-refractivity contribution in [1.82, 2.24) is 23.7 Å². The molecule has 0 radical (unpaired) electrons. The zero-order chi connectivity index (χ0) is 24.4. The number of methoxy groups -OCH3 is 1. The van der Waals surface area contributed by atoms with Crippen LogP contribution in [0.1, 0.15) is 31.0 Å². The lowest BCUT2D eigenvalue weighted by Gasteiger charge is -2.14. The maximum absolute atomic E-state index is 13.5. The summed E-state index contributed by atoms with van der Waals surface area (Å²) in [7, 11) is 3.35. The van der Waals surface area contributed by atoms with Gasteiger partial charge in [-0.2, -0.15) is 0 Å². The molecular weight excluding hydrogens is 434 g/mol. The van der Waals surface area contributed by atoms with Crippen LogP contribution in [0.3, 0.4) is 0 Å². The first-order valence-corrected chi connectivity index (χ1v) is 10.8. The highest BCUT2D eigenvalue weighted by atomic mass is 16.5. The third-order valence-corrected chi connectivity index (χ3v) is 5.33. The van der Waals surface area contributed by atoms with Crippen molar-refractivity contribution in [1.29, 1.82) is 0 Å². The van der Waals surface area contributed by atoms with Crippen molar-refractivity contribution >= 4 is 28.6 Å². The Morgan fingerprint density at radius 3 is 2.76 bits per heavy atom. The van der Waals surface area contributed by atoms with Gasteiger partial charge in [0.15, 0.2) is 5.65 Å². The molecule has 10 heteroatoms. The van der Waals surface area contributed by atoms with Crippen LogP contribution in [0.25, 0.3) is 5.65 Å². The molecule has 0 aliphatic carbocycles. The lowest BCUT2D eigenvalue weighted by Crippen LogP contribution is -2.28. The number of fused-ring (bicyclic) bond motifs is 1. The van der Waals surface area contributed by atoms with E-state index in [-0.39, 0.29) is 17.5 Å². The fraction of sp³-hybridized carbons (Fsp3) is 0.250. The van der Waals surface area contributed by atoms with Crippen molar-refractivity contribution < 1.29 is 9.53 Å². The van der Waals surface area contributed by atoms with Crippen LogP contribution in [0.2, 0.25) is 0 Å². The largest absolute Gasteiger partial charge is 0.478 e. The van der Waals surface area contributed by atoms with Crippen molar-refractivity contribution in [3.05, 3.63) is 77.3 Å². The number of nitrogens with one attached hydrogen (secondary N) is 2. The summed E-state index contributed by atoms with van der Waals surface area (Å²) < 4.78 is 10.2. The van der Waals surface area contributed by atoms with E-state index < -0.39 is 0 Å². The number of hydrogen-bond donors (Lipinski definition) is 2. The summed E-state index contributed by atoms with van der Waals surface area (Å²) in [5.74, 6) is 0.226. The molecule has 0 spiro atoms. The Bertz CT molecular complexity index is 1430. The molecule has 176 valence electrons. The van der Waals surface area contributed by atoms with Gasteiger partial charge >= 0.3 is 5.69 Å². The molecule has 0 unspecified atom stereocenters. The Labute approximate surface area is 196 Å². The predicted molar refractivity (Wildman–Crippen MR) is 131 cm³/mol. The van der Waals surface area contributed by atoms with Crippen LogP contribution in [0.4, 0.5) is 17.1 Å². The fourth-order valence-electron chi connectivity index (χ4n) is 3.75. The molecule has 1 amide bonds. The monoisotopic (exact) mass is 461 g/mol. The van der Waals surface area contributed by atoms with Gasteiger partial charge in [0.1, 0.15) is 5.69 Å². The van der Waals surface area contributed by atoms with Gasteiger partial charge in [0.05, 0.1) is 31.2 Å². The second kappa shape index (κ2) is 9.26. The first-order chi connectivity index (χ1) is 16.3. The summed E-state index contributed by atoms with van der Waals surface area (Å²) in [6, 6.07) is 7.33. The summed E-state index contributed by atoms with van der Waals surface area (Å²) >= 11 is 0. The molecule has 0 bridgehead atoms. The topological polar surface area (TPSA) is 107 Å². The molecule has 10 nitrogen and oxygen atoms in total. The number of hydrogen-bond acceptors (Lipinski definition) is 6. The number of carbonyl (C=O) groups is 1. The molecule has 0 atom stereocenters. The minimum absolute atomic E-state index is 0.0942. The lowest BCUT2D eigenvalue weighted by molar-refractivity contribution is -0.111. The average molecular weight is 462 g/mol. The zero-order valence-electron chi connectivity index (χ0n) is 19.6. The molecule has 3 heterocycles. The van der Waals surface area contributed by atoms with Gasteiger partial charge in [-0.1, -0.05) is 32.6 Å². The molecule has 0 fully saturated rings. The number of anilines is 3. The Hall–Kier alpha value is -4.34. The molecule has 34 heavy (non-hydrogen) atoms. The van der Waals surface area contributed by atoms with Crippen LogP contribution >= 0.6 is 0 Å². The van der Waals surface area contributed by atoms with Crippen molar-refractivity contribution in [3.8, 4) is 5.88 Å². The molecule has 0 aliphatic heterocycles. The van der Waals surface area contributed by atoms with Crippen molar-refractivity contribution in [2.45, 2.75) is 26.3 Å². The van der Waals surface area contributed by atoms with Gasteiger partial charge in [-0.25, -0.2) is 14.2 Å². The number of benzene rings is 1. The Balaban J connectivity index is 1.81. The van der Waals surface area contributed by atoms with Gasteiger partial charge in [0.25, 0.3) is 5.88 Å². The lowest BCUT2D eigenvalue weighted by atomic mass is 10.1. The van der Waals surface area contributed by atoms with Crippen LogP contribution in [0.5, 0.6) is 5.88 Å². The summed E-state index contributed by atoms with van der Waals surface area (Å²) in [5, 5.41) is 10.3. The smallest absolute Gasteiger partial charge is 0.334 e. The number of nitrogens with zero attached hydrogens (tertiary/aromatic N) is 5. The number of imidazole rings is 1. The van der Waals surface area contributed by atoms with Crippen molar-refractivity contribution in [2.24, 2.45) is 7.05 Å². The first-order valence-electron chi connectivity index (χ1n) is 10.8. The Kier molecular flexibility index (Phi) is 6.22. The Morgan fingerprint density at radius 1 is 1.26 bits per heavy atom. The standard InChI is InChI=1S/C24H27N7O3/c1-6-21(32)26-17-9-7-8-16(10-17)12-30-14-18(27-19-13-29(4)28-23(19)34-5)22-25-11-20(15(2)3)31(22)24(30)33/h6-11,13-15,27H,1,12H2,2-5H3,(H,26,32). The summed E-state index contributed by atoms with van der Waals surface area (Å²) in [6.07, 6.45) is 6.46. The number of carbonyl (C=O) groups excluding carboxylic acids is 1. The molecule has 0 saturated carbocycles. The first kappa shape index (κ1) is 22.8. The third kappa shape index (κ3) is 4.42. The molecule has 0 saturated heterocycles. The fourth-order valence-corrected chi connectivity index (χ4v) is 3.75. The Morgan fingerprint density at radius 2 is 2.06 bits per heavy atom. The van der Waals surface area contributed by atoms with E-state index in [1.807, 2.05) is 32.0 Å². The highest BCUT2D eigenvalue weighted by Crippen LogP contribution is 2.28.